The molecule has 3 aliphatic heterocycles. The van der Waals surface area contributed by atoms with Crippen molar-refractivity contribution in [3.63, 3.8) is 0 Å². The number of nitrogens with zero attached hydrogens (tertiary/aromatic N) is 6. The maximum Gasteiger partial charge on any atom is 0.416 e. The number of halogens is 1. The highest BCUT2D eigenvalue weighted by atomic mass is 19.1. The molecule has 17 nitrogen and oxygen atoms in total. The minimum Gasteiger partial charge on any atom is -0.508 e. The van der Waals surface area contributed by atoms with Gasteiger partial charge in [-0.1, -0.05) is 26.0 Å². The summed E-state index contributed by atoms with van der Waals surface area (Å²) < 4.78 is 16.9. The molecule has 5 N–H and O–H groups in total. The number of rotatable bonds is 9. The Hall–Kier alpha value is -7.34. The van der Waals surface area contributed by atoms with Crippen LogP contribution in [0.15, 0.2) is 65.5 Å². The first-order valence-corrected chi connectivity index (χ1v) is 20.5. The van der Waals surface area contributed by atoms with Gasteiger partial charge in [-0.2, -0.15) is 5.10 Å². The van der Waals surface area contributed by atoms with E-state index in [2.05, 4.69) is 15.5 Å². The normalized spacial score (nSPS) is 16.7. The maximum atomic E-state index is 15.7. The third kappa shape index (κ3) is 7.77. The van der Waals surface area contributed by atoms with E-state index in [1.807, 2.05) is 18.7 Å². The monoisotopic (exact) mass is 860 g/mol. The molecule has 0 spiro atoms. The number of hydrogen-bond acceptors (Lipinski definition) is 10. The van der Waals surface area contributed by atoms with Crippen LogP contribution in [0.2, 0.25) is 0 Å². The lowest BCUT2D eigenvalue weighted by molar-refractivity contribution is -0.136. The molecule has 5 amide bonds. The zero-order valence-corrected chi connectivity index (χ0v) is 34.9. The highest BCUT2D eigenvalue weighted by Crippen LogP contribution is 2.41. The number of carboxylic acid groups (broad SMARTS) is 1. The molecule has 8 rings (SSSR count). The van der Waals surface area contributed by atoms with Crippen molar-refractivity contribution in [2.45, 2.75) is 65.6 Å². The number of piperazine rings is 1. The van der Waals surface area contributed by atoms with Crippen molar-refractivity contribution in [3.05, 3.63) is 116 Å². The molecule has 1 unspecified atom stereocenters. The van der Waals surface area contributed by atoms with E-state index in [9.17, 15) is 44.1 Å². The largest absolute Gasteiger partial charge is 0.508 e. The fraction of sp³-hybridized carbons (Fsp3) is 0.311. The van der Waals surface area contributed by atoms with E-state index in [1.54, 1.807) is 67.3 Å². The van der Waals surface area contributed by atoms with E-state index in [-0.39, 0.29) is 77.6 Å². The van der Waals surface area contributed by atoms with Gasteiger partial charge in [0, 0.05) is 74.0 Å². The third-order valence-electron chi connectivity index (χ3n) is 12.0. The van der Waals surface area contributed by atoms with Gasteiger partial charge in [0.1, 0.15) is 23.4 Å². The second-order valence-electron chi connectivity index (χ2n) is 16.4. The number of nitrogens with one attached hydrogen (secondary N) is 2. The van der Waals surface area contributed by atoms with Crippen LogP contribution in [0.3, 0.4) is 0 Å². The molecule has 2 fully saturated rings. The Morgan fingerprint density at radius 1 is 0.921 bits per heavy atom. The smallest absolute Gasteiger partial charge is 0.416 e. The number of phenols is 2. The molecule has 63 heavy (non-hydrogen) atoms. The number of benzene rings is 4. The zero-order valence-electron chi connectivity index (χ0n) is 34.9. The molecule has 4 heterocycles. The highest BCUT2D eigenvalue weighted by molar-refractivity contribution is 6.08. The van der Waals surface area contributed by atoms with Crippen molar-refractivity contribution in [1.29, 1.82) is 0 Å². The van der Waals surface area contributed by atoms with Gasteiger partial charge in [-0.05, 0) is 85.3 Å². The minimum atomic E-state index is -1.31. The average molecular weight is 861 g/mol. The second-order valence-corrected chi connectivity index (χ2v) is 16.4. The summed E-state index contributed by atoms with van der Waals surface area (Å²) in [4.78, 5) is 83.9. The van der Waals surface area contributed by atoms with Crippen molar-refractivity contribution >= 4 is 41.1 Å². The van der Waals surface area contributed by atoms with Crippen LogP contribution in [0.5, 0.6) is 11.5 Å². The maximum absolute atomic E-state index is 15.7. The van der Waals surface area contributed by atoms with Gasteiger partial charge in [0.2, 0.25) is 11.8 Å². The fourth-order valence-electron chi connectivity index (χ4n) is 8.82. The number of fused-ring (bicyclic) bond motifs is 1. The Kier molecular flexibility index (Phi) is 11.1. The summed E-state index contributed by atoms with van der Waals surface area (Å²) in [5.41, 5.74) is 3.26. The molecule has 4 aromatic carbocycles. The summed E-state index contributed by atoms with van der Waals surface area (Å²) in [5, 5.41) is 40.3. The lowest BCUT2D eigenvalue weighted by Crippen LogP contribution is -2.52. The summed E-state index contributed by atoms with van der Waals surface area (Å²) in [7, 11) is 0. The summed E-state index contributed by atoms with van der Waals surface area (Å²) in [6.07, 6.45) is -1.07. The van der Waals surface area contributed by atoms with E-state index in [4.69, 9.17) is 0 Å². The summed E-state index contributed by atoms with van der Waals surface area (Å²) in [6.45, 7) is 8.92. The van der Waals surface area contributed by atoms with E-state index in [0.717, 1.165) is 9.47 Å². The van der Waals surface area contributed by atoms with Gasteiger partial charge in [0.15, 0.2) is 5.82 Å². The number of anilines is 2. The summed E-state index contributed by atoms with van der Waals surface area (Å²) >= 11 is 0. The molecule has 3 aliphatic rings. The van der Waals surface area contributed by atoms with Crippen LogP contribution in [0, 0.1) is 19.7 Å². The number of aromatic amines is 1. The van der Waals surface area contributed by atoms with Crippen LogP contribution in [-0.4, -0.2) is 107 Å². The molecule has 2 saturated heterocycles. The molecular formula is C45H45FN8O9. The Morgan fingerprint density at radius 3 is 2.29 bits per heavy atom. The lowest BCUT2D eigenvalue weighted by Gasteiger charge is -2.35. The number of aromatic hydroxyl groups is 2. The number of aromatic nitrogens is 3. The van der Waals surface area contributed by atoms with Crippen LogP contribution < -0.4 is 15.9 Å². The number of hydrogen-bond donors (Lipinski definition) is 5. The van der Waals surface area contributed by atoms with Gasteiger partial charge in [-0.15, -0.1) is 0 Å². The number of piperidine rings is 1. The number of phenolic OH excluding ortho intramolecular Hbond substituents is 2. The molecule has 326 valence electrons. The van der Waals surface area contributed by atoms with E-state index < -0.39 is 41.4 Å². The number of aryl methyl sites for hydroxylation is 2. The van der Waals surface area contributed by atoms with Gasteiger partial charge in [-0.25, -0.2) is 28.5 Å². The molecular weight excluding hydrogens is 816 g/mol. The van der Waals surface area contributed by atoms with Crippen LogP contribution in [0.4, 0.5) is 20.6 Å². The van der Waals surface area contributed by atoms with Crippen molar-refractivity contribution < 1.29 is 43.7 Å². The van der Waals surface area contributed by atoms with Crippen molar-refractivity contribution in [2.24, 2.45) is 0 Å². The molecule has 0 bridgehead atoms. The first kappa shape index (κ1) is 42.4. The topological polar surface area (TPSA) is 222 Å². The first-order chi connectivity index (χ1) is 30.0. The molecule has 5 aromatic rings. The van der Waals surface area contributed by atoms with Crippen LogP contribution in [0.1, 0.15) is 81.1 Å². The fourth-order valence-corrected chi connectivity index (χ4v) is 8.82. The predicted octanol–water partition coefficient (Wildman–Crippen LogP) is 5.05. The van der Waals surface area contributed by atoms with E-state index in [0.29, 0.717) is 65.2 Å². The summed E-state index contributed by atoms with van der Waals surface area (Å²) in [6, 6.07) is 14.3. The Morgan fingerprint density at radius 2 is 1.63 bits per heavy atom. The number of H-pyrrole nitrogens is 1. The second kappa shape index (κ2) is 16.5. The van der Waals surface area contributed by atoms with Gasteiger partial charge in [0.25, 0.3) is 11.8 Å². The van der Waals surface area contributed by atoms with Gasteiger partial charge >= 0.3 is 11.8 Å². The molecule has 18 heteroatoms. The molecule has 1 aromatic heterocycles. The van der Waals surface area contributed by atoms with Crippen molar-refractivity contribution in [2.75, 3.05) is 31.1 Å². The third-order valence-corrected chi connectivity index (χ3v) is 12.0. The van der Waals surface area contributed by atoms with Gasteiger partial charge in [0.05, 0.1) is 22.6 Å². The quantitative estimate of drug-likeness (QED) is 0.123. The standard InChI is InChI=1S/C45H45FN8O9/c1-23(2)30-19-31(37(56)20-36(30)55)40-48-49-44(61)53(40)28-9-8-26(33(46)18-28)21-50-12-14-51(15-13-50)42(59)27-16-24(3)39(25(4)17-27)54(45(62)63)34-7-5-6-29-32(34)22-52(43(29)60)35-10-11-38(57)47-41(35)58/h5-9,16-20,23,35,55-56H,10-15,21-22H2,1-4H3,(H,49,61)(H,62,63)(H,47,57,58). The number of carbonyl (C=O) groups excluding carboxylic acids is 4. The van der Waals surface area contributed by atoms with E-state index >= 15 is 4.39 Å². The van der Waals surface area contributed by atoms with Crippen LogP contribution >= 0.6 is 0 Å². The highest BCUT2D eigenvalue weighted by Gasteiger charge is 2.41. The van der Waals surface area contributed by atoms with Crippen molar-refractivity contribution in [3.8, 4) is 28.6 Å². The predicted molar refractivity (Wildman–Crippen MR) is 227 cm³/mol. The van der Waals surface area contributed by atoms with Crippen molar-refractivity contribution in [1.82, 2.24) is 34.8 Å². The first-order valence-electron chi connectivity index (χ1n) is 20.5. The van der Waals surface area contributed by atoms with Crippen LogP contribution in [-0.2, 0) is 22.7 Å². The number of carbonyl (C=O) groups is 5. The molecule has 0 saturated carbocycles. The lowest BCUT2D eigenvalue weighted by atomic mass is 9.98. The number of amides is 5. The Labute approximate surface area is 360 Å². The van der Waals surface area contributed by atoms with Gasteiger partial charge in [-0.3, -0.25) is 29.4 Å². The minimum absolute atomic E-state index is 0.0278. The molecule has 0 aliphatic carbocycles. The molecule has 1 atom stereocenters. The SMILES string of the molecule is Cc1cc(C(=O)N2CCN(Cc3ccc(-n4c(-c5cc(C(C)C)c(O)cc5O)n[nH]c4=O)cc3F)CC2)cc(C)c1N(C(=O)O)c1cccc2c1CN(C1CCC(=O)NC1=O)C2=O. The van der Waals surface area contributed by atoms with Crippen LogP contribution in [0.25, 0.3) is 17.1 Å². The zero-order chi connectivity index (χ0) is 45.0. The number of imide groups is 1. The van der Waals surface area contributed by atoms with Gasteiger partial charge < -0.3 is 25.1 Å². The Bertz CT molecular complexity index is 2770. The average Bonchev–Trinajstić information content (AvgIpc) is 3.78. The molecule has 0 radical (unpaired) electrons. The van der Waals surface area contributed by atoms with E-state index in [1.165, 1.54) is 17.0 Å². The summed E-state index contributed by atoms with van der Waals surface area (Å²) in [5.74, 6) is -2.69. The Balaban J connectivity index is 0.950.